The topological polar surface area (TPSA) is 53.1 Å². The minimum Gasteiger partial charge on any atom is -0.384 e. The van der Waals surface area contributed by atoms with Crippen molar-refractivity contribution in [3.63, 3.8) is 0 Å². The first kappa shape index (κ1) is 15.0. The van der Waals surface area contributed by atoms with Gasteiger partial charge in [-0.2, -0.15) is 0 Å². The van der Waals surface area contributed by atoms with E-state index in [9.17, 15) is 4.39 Å². The molecular formula is C13H19BrFN3. The molecular weight excluding hydrogens is 297 g/mol. The Morgan fingerprint density at radius 3 is 2.39 bits per heavy atom. The largest absolute Gasteiger partial charge is 0.384 e. The summed E-state index contributed by atoms with van der Waals surface area (Å²) in [6, 6.07) is 3.54. The molecule has 0 spiro atoms. The van der Waals surface area contributed by atoms with Crippen molar-refractivity contribution in [1.82, 2.24) is 0 Å². The van der Waals surface area contributed by atoms with Crippen LogP contribution >= 0.6 is 15.9 Å². The Hall–Kier alpha value is -1.10. The lowest BCUT2D eigenvalue weighted by atomic mass is 10.0. The first-order valence-electron chi connectivity index (χ1n) is 5.82. The molecule has 0 saturated heterocycles. The van der Waals surface area contributed by atoms with Crippen molar-refractivity contribution in [3.8, 4) is 0 Å². The van der Waals surface area contributed by atoms with Crippen molar-refractivity contribution in [2.75, 3.05) is 11.9 Å². The van der Waals surface area contributed by atoms with Crippen LogP contribution in [0.15, 0.2) is 16.6 Å². The van der Waals surface area contributed by atoms with E-state index in [-0.39, 0.29) is 22.2 Å². The van der Waals surface area contributed by atoms with E-state index in [2.05, 4.69) is 36.7 Å². The summed E-state index contributed by atoms with van der Waals surface area (Å²) in [5, 5.41) is 7.37. The third-order valence-corrected chi connectivity index (χ3v) is 4.08. The summed E-state index contributed by atoms with van der Waals surface area (Å²) < 4.78 is 14.5. The summed E-state index contributed by atoms with van der Waals surface area (Å²) in [6.07, 6.45) is 0. The van der Waals surface area contributed by atoms with Crippen LogP contribution in [0.3, 0.4) is 0 Å². The zero-order valence-electron chi connectivity index (χ0n) is 11.1. The normalized spacial score (nSPS) is 12.6. The Labute approximate surface area is 116 Å². The molecule has 0 aliphatic rings. The number of nitrogens with zero attached hydrogens (tertiary/aromatic N) is 1. The second kappa shape index (κ2) is 5.69. The zero-order chi connectivity index (χ0) is 14.0. The summed E-state index contributed by atoms with van der Waals surface area (Å²) in [5.41, 5.74) is 6.27. The predicted octanol–water partition coefficient (Wildman–Crippen LogP) is 3.35. The third kappa shape index (κ3) is 2.83. The molecule has 3 nitrogen and oxygen atoms in total. The van der Waals surface area contributed by atoms with Gasteiger partial charge in [-0.05, 0) is 40.9 Å². The van der Waals surface area contributed by atoms with Crippen LogP contribution in [0.5, 0.6) is 0 Å². The molecule has 0 aromatic heterocycles. The molecule has 5 heteroatoms. The fourth-order valence-corrected chi connectivity index (χ4v) is 2.24. The number of halogens is 2. The maximum absolute atomic E-state index is 14.3. The molecule has 0 aliphatic heterocycles. The monoisotopic (exact) mass is 315 g/mol. The molecule has 100 valence electrons. The lowest BCUT2D eigenvalue weighted by molar-refractivity contribution is 0.497. The SMILES string of the molecule is CC(C)C(C)N(C)c1ccc(C(=N)N)c(Br)c1F. The van der Waals surface area contributed by atoms with Crippen LogP contribution in [-0.4, -0.2) is 18.9 Å². The van der Waals surface area contributed by atoms with Gasteiger partial charge in [0.2, 0.25) is 0 Å². The Balaban J connectivity index is 3.20. The van der Waals surface area contributed by atoms with E-state index in [1.807, 2.05) is 11.9 Å². The molecule has 1 atom stereocenters. The number of amidine groups is 1. The molecule has 0 radical (unpaired) electrons. The van der Waals surface area contributed by atoms with E-state index in [4.69, 9.17) is 11.1 Å². The number of benzene rings is 1. The minimum atomic E-state index is -0.377. The molecule has 1 aromatic carbocycles. The molecule has 0 saturated carbocycles. The van der Waals surface area contributed by atoms with Gasteiger partial charge in [0.1, 0.15) is 5.84 Å². The number of nitrogens with one attached hydrogen (secondary N) is 1. The summed E-state index contributed by atoms with van der Waals surface area (Å²) in [5.74, 6) is -0.106. The maximum Gasteiger partial charge on any atom is 0.161 e. The van der Waals surface area contributed by atoms with Crippen molar-refractivity contribution < 1.29 is 4.39 Å². The van der Waals surface area contributed by atoms with Gasteiger partial charge >= 0.3 is 0 Å². The van der Waals surface area contributed by atoms with Crippen molar-refractivity contribution in [1.29, 1.82) is 5.41 Å². The van der Waals surface area contributed by atoms with Gasteiger partial charge in [0.25, 0.3) is 0 Å². The Kier molecular flexibility index (Phi) is 4.73. The highest BCUT2D eigenvalue weighted by Gasteiger charge is 2.20. The Morgan fingerprint density at radius 2 is 1.94 bits per heavy atom. The van der Waals surface area contributed by atoms with E-state index in [0.29, 0.717) is 17.2 Å². The van der Waals surface area contributed by atoms with Crippen LogP contribution in [0.4, 0.5) is 10.1 Å². The molecule has 3 N–H and O–H groups in total. The van der Waals surface area contributed by atoms with E-state index in [1.54, 1.807) is 12.1 Å². The van der Waals surface area contributed by atoms with Crippen LogP contribution in [0.1, 0.15) is 26.3 Å². The third-order valence-electron chi connectivity index (χ3n) is 3.31. The van der Waals surface area contributed by atoms with Gasteiger partial charge in [-0.3, -0.25) is 5.41 Å². The highest BCUT2D eigenvalue weighted by Crippen LogP contribution is 2.30. The number of anilines is 1. The van der Waals surface area contributed by atoms with Gasteiger partial charge in [-0.25, -0.2) is 4.39 Å². The molecule has 0 amide bonds. The summed E-state index contributed by atoms with van der Waals surface area (Å²) >= 11 is 3.16. The minimum absolute atomic E-state index is 0.146. The van der Waals surface area contributed by atoms with Crippen molar-refractivity contribution in [3.05, 3.63) is 28.0 Å². The Morgan fingerprint density at radius 1 is 1.39 bits per heavy atom. The molecule has 0 bridgehead atoms. The molecule has 1 unspecified atom stereocenters. The van der Waals surface area contributed by atoms with E-state index in [0.717, 1.165) is 0 Å². The molecule has 1 aromatic rings. The van der Waals surface area contributed by atoms with E-state index < -0.39 is 0 Å². The Bertz CT molecular complexity index is 460. The fraction of sp³-hybridized carbons (Fsp3) is 0.462. The molecule has 1 rings (SSSR count). The van der Waals surface area contributed by atoms with Gasteiger partial charge < -0.3 is 10.6 Å². The summed E-state index contributed by atoms with van der Waals surface area (Å²) in [7, 11) is 1.86. The average Bonchev–Trinajstić information content (AvgIpc) is 2.30. The van der Waals surface area contributed by atoms with Gasteiger partial charge in [0.15, 0.2) is 5.82 Å². The first-order chi connectivity index (χ1) is 8.27. The molecule has 0 heterocycles. The molecule has 18 heavy (non-hydrogen) atoms. The van der Waals surface area contributed by atoms with Crippen LogP contribution < -0.4 is 10.6 Å². The van der Waals surface area contributed by atoms with Crippen LogP contribution in [-0.2, 0) is 0 Å². The zero-order valence-corrected chi connectivity index (χ0v) is 12.7. The average molecular weight is 316 g/mol. The van der Waals surface area contributed by atoms with Gasteiger partial charge in [0, 0.05) is 18.7 Å². The van der Waals surface area contributed by atoms with Crippen molar-refractivity contribution in [2.45, 2.75) is 26.8 Å². The number of hydrogen-bond donors (Lipinski definition) is 2. The highest BCUT2D eigenvalue weighted by molar-refractivity contribution is 9.10. The van der Waals surface area contributed by atoms with Crippen LogP contribution in [0, 0.1) is 17.1 Å². The number of hydrogen-bond acceptors (Lipinski definition) is 2. The lowest BCUT2D eigenvalue weighted by Gasteiger charge is -2.30. The second-order valence-corrected chi connectivity index (χ2v) is 5.56. The highest BCUT2D eigenvalue weighted by atomic mass is 79.9. The van der Waals surface area contributed by atoms with Gasteiger partial charge in [-0.1, -0.05) is 13.8 Å². The summed E-state index contributed by atoms with van der Waals surface area (Å²) in [6.45, 7) is 6.24. The second-order valence-electron chi connectivity index (χ2n) is 4.77. The van der Waals surface area contributed by atoms with Crippen LogP contribution in [0.2, 0.25) is 0 Å². The number of nitrogen functional groups attached to an aromatic ring is 1. The van der Waals surface area contributed by atoms with Crippen molar-refractivity contribution in [2.24, 2.45) is 11.7 Å². The maximum atomic E-state index is 14.3. The lowest BCUT2D eigenvalue weighted by Crippen LogP contribution is -2.34. The van der Waals surface area contributed by atoms with Gasteiger partial charge in [0.05, 0.1) is 10.2 Å². The fourth-order valence-electron chi connectivity index (χ4n) is 1.69. The smallest absolute Gasteiger partial charge is 0.161 e. The molecule has 0 aliphatic carbocycles. The van der Waals surface area contributed by atoms with E-state index in [1.165, 1.54) is 0 Å². The van der Waals surface area contributed by atoms with Gasteiger partial charge in [-0.15, -0.1) is 0 Å². The first-order valence-corrected chi connectivity index (χ1v) is 6.61. The standard InChI is InChI=1S/C13H19BrFN3/c1-7(2)8(3)18(4)10-6-5-9(13(16)17)11(14)12(10)15/h5-8H,1-4H3,(H3,16,17). The molecule has 0 fully saturated rings. The van der Waals surface area contributed by atoms with Crippen molar-refractivity contribution >= 4 is 27.5 Å². The number of nitrogens with two attached hydrogens (primary N) is 1. The summed E-state index contributed by atoms with van der Waals surface area (Å²) in [4.78, 5) is 1.90. The predicted molar refractivity (Wildman–Crippen MR) is 77.8 cm³/mol. The quantitative estimate of drug-likeness (QED) is 0.661. The van der Waals surface area contributed by atoms with Crippen LogP contribution in [0.25, 0.3) is 0 Å². The van der Waals surface area contributed by atoms with E-state index >= 15 is 0 Å². The number of rotatable bonds is 4.